The van der Waals surface area contributed by atoms with Gasteiger partial charge in [-0.2, -0.15) is 0 Å². The number of nitrogens with two attached hydrogens (primary N) is 1. The summed E-state index contributed by atoms with van der Waals surface area (Å²) in [6.45, 7) is 11.9. The number of hydrogen-bond acceptors (Lipinski definition) is 19. The van der Waals surface area contributed by atoms with Gasteiger partial charge in [-0.15, -0.1) is 0 Å². The van der Waals surface area contributed by atoms with E-state index < -0.39 is 4.33 Å². The SMILES string of the molecule is C.C.CC(C)(C)OC(=O)C1(C)SS1.CC1(NC(=O)CCN2C(=O)C=CC2=O)SS1.CCC(=O)OCC1c2ccccc2-c2ccccc21.NC1(NC(=O)CCN2C(=O)C=CC2=O)SS1.S=PP=S. The molecule has 5 heterocycles. The molecule has 2 aromatic carbocycles. The van der Waals surface area contributed by atoms with Gasteiger partial charge < -0.3 is 20.1 Å². The molecule has 0 saturated carbocycles. The molecule has 370 valence electrons. The second-order valence-electron chi connectivity index (χ2n) is 15.4. The summed E-state index contributed by atoms with van der Waals surface area (Å²) in [5.41, 5.74) is 10.3. The number of rotatable bonds is 13. The molecule has 25 heteroatoms. The van der Waals surface area contributed by atoms with Crippen molar-refractivity contribution >= 4 is 150 Å². The number of ether oxygens (including phenoxy) is 2. The van der Waals surface area contributed by atoms with Gasteiger partial charge in [0.25, 0.3) is 23.6 Å². The summed E-state index contributed by atoms with van der Waals surface area (Å²) >= 11 is 8.82. The molecule has 5 aliphatic heterocycles. The summed E-state index contributed by atoms with van der Waals surface area (Å²) in [5.74, 6) is -1.95. The van der Waals surface area contributed by atoms with Crippen molar-refractivity contribution in [2.24, 2.45) is 5.73 Å². The lowest BCUT2D eigenvalue weighted by Gasteiger charge is -2.20. The molecule has 1 aliphatic carbocycles. The fourth-order valence-corrected chi connectivity index (χ4v) is 8.82. The van der Waals surface area contributed by atoms with Gasteiger partial charge in [0.2, 0.25) is 16.1 Å². The topological polar surface area (TPSA) is 212 Å². The first-order chi connectivity index (χ1) is 31.1. The van der Waals surface area contributed by atoms with E-state index in [0.29, 0.717) is 13.0 Å². The number of imide groups is 2. The van der Waals surface area contributed by atoms with Gasteiger partial charge in [-0.3, -0.25) is 49.1 Å². The van der Waals surface area contributed by atoms with Crippen LogP contribution in [0.3, 0.4) is 0 Å². The fourth-order valence-electron chi connectivity index (χ4n) is 5.71. The number of amides is 6. The van der Waals surface area contributed by atoms with Crippen LogP contribution in [0.1, 0.15) is 92.7 Å². The molecule has 0 atom stereocenters. The van der Waals surface area contributed by atoms with Crippen molar-refractivity contribution in [3.63, 3.8) is 0 Å². The zero-order valence-corrected chi connectivity index (χ0v) is 44.8. The van der Waals surface area contributed by atoms with Gasteiger partial charge in [0, 0.05) is 76.7 Å². The lowest BCUT2D eigenvalue weighted by Crippen LogP contribution is -2.43. The van der Waals surface area contributed by atoms with Crippen LogP contribution >= 0.6 is 78.9 Å². The minimum Gasteiger partial charge on any atom is -0.465 e. The molecule has 68 heavy (non-hydrogen) atoms. The van der Waals surface area contributed by atoms with Gasteiger partial charge in [-0.05, 0) is 102 Å². The lowest BCUT2D eigenvalue weighted by atomic mass is 9.98. The first kappa shape index (κ1) is 61.3. The summed E-state index contributed by atoms with van der Waals surface area (Å²) in [4.78, 5) is 92.2. The molecular weight excluding hydrogens is 1060 g/mol. The predicted octanol–water partition coefficient (Wildman–Crippen LogP) is 9.05. The van der Waals surface area contributed by atoms with E-state index in [1.165, 1.54) is 68.1 Å². The molecule has 4 N–H and O–H groups in total. The van der Waals surface area contributed by atoms with Crippen LogP contribution in [0.15, 0.2) is 72.8 Å². The normalized spacial score (nSPS) is 17.6. The van der Waals surface area contributed by atoms with Crippen molar-refractivity contribution in [3.05, 3.63) is 84.0 Å². The number of esters is 2. The van der Waals surface area contributed by atoms with Gasteiger partial charge in [0.05, 0.1) is 0 Å². The monoisotopic (exact) mass is 1120 g/mol. The number of hydrogen-bond donors (Lipinski definition) is 3. The minimum absolute atomic E-state index is 0. The van der Waals surface area contributed by atoms with Crippen molar-refractivity contribution in [2.45, 2.75) is 99.8 Å². The summed E-state index contributed by atoms with van der Waals surface area (Å²) in [6.07, 6.45) is 5.46. The Kier molecular flexibility index (Phi) is 25.0. The first-order valence-corrected chi connectivity index (χ1v) is 30.8. The maximum Gasteiger partial charge on any atom is 0.334 e. The maximum absolute atomic E-state index is 11.5. The van der Waals surface area contributed by atoms with Crippen LogP contribution in [-0.4, -0.2) is 95.1 Å². The maximum atomic E-state index is 11.5. The smallest absolute Gasteiger partial charge is 0.334 e. The average molecular weight is 1120 g/mol. The van der Waals surface area contributed by atoms with Gasteiger partial charge in [0.1, 0.15) is 16.4 Å². The number of nitrogens with one attached hydrogen (secondary N) is 2. The van der Waals surface area contributed by atoms with Crippen molar-refractivity contribution < 1.29 is 47.8 Å². The van der Waals surface area contributed by atoms with E-state index in [2.05, 4.69) is 70.6 Å². The van der Waals surface area contributed by atoms with Crippen LogP contribution in [0.5, 0.6) is 0 Å². The Bertz CT molecular complexity index is 2130. The number of fused-ring (bicyclic) bond motifs is 3. The Morgan fingerprint density at radius 3 is 1.47 bits per heavy atom. The number of carbonyl (C=O) groups is 8. The third-order valence-corrected chi connectivity index (χ3v) is 19.8. The zero-order valence-electron chi connectivity index (χ0n) is 36.5. The lowest BCUT2D eigenvalue weighted by molar-refractivity contribution is -0.154. The van der Waals surface area contributed by atoms with Crippen LogP contribution in [0.4, 0.5) is 0 Å². The highest BCUT2D eigenvalue weighted by Crippen LogP contribution is 2.65. The summed E-state index contributed by atoms with van der Waals surface area (Å²) in [7, 11) is 10.7. The molecule has 0 aromatic heterocycles. The molecular formula is C43H55N5O10P2S8. The molecule has 8 rings (SSSR count). The van der Waals surface area contributed by atoms with E-state index in [4.69, 9.17) is 15.2 Å². The molecule has 2 aromatic rings. The van der Waals surface area contributed by atoms with Crippen LogP contribution in [0.2, 0.25) is 0 Å². The van der Waals surface area contributed by atoms with Crippen LogP contribution < -0.4 is 16.4 Å². The van der Waals surface area contributed by atoms with Gasteiger partial charge >= 0.3 is 11.9 Å². The van der Waals surface area contributed by atoms with Gasteiger partial charge in [-0.1, -0.05) is 113 Å². The summed E-state index contributed by atoms with van der Waals surface area (Å²) in [5, 5.41) is 5.38. The highest BCUT2D eigenvalue weighted by Gasteiger charge is 2.51. The van der Waals surface area contributed by atoms with Crippen LogP contribution in [-0.2, 0) is 71.4 Å². The van der Waals surface area contributed by atoms with E-state index in [0.717, 1.165) is 23.9 Å². The molecule has 0 bridgehead atoms. The summed E-state index contributed by atoms with van der Waals surface area (Å²) < 4.78 is 9.29. The third-order valence-electron chi connectivity index (χ3n) is 9.00. The number of benzene rings is 2. The quantitative estimate of drug-likeness (QED) is 0.0426. The van der Waals surface area contributed by atoms with E-state index in [-0.39, 0.29) is 108 Å². The predicted molar refractivity (Wildman–Crippen MR) is 289 cm³/mol. The Hall–Kier alpha value is -2.82. The fraction of sp³-hybridized carbons (Fsp3) is 0.442. The van der Waals surface area contributed by atoms with Gasteiger partial charge in [-0.25, -0.2) is 4.79 Å². The minimum atomic E-state index is -0.714. The Morgan fingerprint density at radius 2 is 1.12 bits per heavy atom. The molecule has 6 amide bonds. The number of nitrogens with zero attached hydrogens (tertiary/aromatic N) is 2. The molecule has 0 spiro atoms. The molecule has 6 aliphatic rings. The van der Waals surface area contributed by atoms with E-state index in [1.807, 2.05) is 53.7 Å². The third kappa shape index (κ3) is 19.8. The van der Waals surface area contributed by atoms with Crippen molar-refractivity contribution in [1.82, 2.24) is 20.4 Å². The Labute approximate surface area is 435 Å². The van der Waals surface area contributed by atoms with Crippen molar-refractivity contribution in [1.29, 1.82) is 0 Å². The highest BCUT2D eigenvalue weighted by atomic mass is 33.2. The van der Waals surface area contributed by atoms with E-state index in [9.17, 15) is 38.4 Å². The molecule has 15 nitrogen and oxygen atoms in total. The first-order valence-electron chi connectivity index (χ1n) is 19.9. The zero-order chi connectivity index (χ0) is 48.9. The summed E-state index contributed by atoms with van der Waals surface area (Å²) in [6, 6.07) is 16.7. The second-order valence-corrected chi connectivity index (χ2v) is 29.0. The average Bonchev–Trinajstić information content (AvgIpc) is 4.24. The molecule has 0 unspecified atom stereocenters. The molecule has 3 fully saturated rings. The molecule has 3 saturated heterocycles. The van der Waals surface area contributed by atoms with Crippen LogP contribution in [0, 0.1) is 0 Å². The standard InChI is InChI=1S/C17H16O2.C9H10N2O3S2.C8H9N3O3S2.C7H12O2S2.2CH4.P2S2/c1-2-17(18)19-11-16-14-9-5-3-7-12(14)13-8-4-6-10-15(13)16;1-9(15-16-9)10-6(12)4-5-11-7(13)2-3-8(11)14;9-8(15-16-8)10-5(12)3-4-11-6(13)1-2-7(11)14;1-6(2,3)9-5(8)7(4)10-11-7;;;3-1-2-4/h3-10,16H,2,11H2,1H3;2-3H,4-5H2,1H3,(H,10,12);1-2H,3-4,9H2,(H,10,12);1-4H3;2*1H4;. The van der Waals surface area contributed by atoms with Crippen molar-refractivity contribution in [2.75, 3.05) is 19.7 Å². The van der Waals surface area contributed by atoms with Crippen LogP contribution in [0.25, 0.3) is 11.1 Å². The Balaban J connectivity index is 0.000000304. The van der Waals surface area contributed by atoms with E-state index in [1.54, 1.807) is 43.2 Å². The Morgan fingerprint density at radius 1 is 0.706 bits per heavy atom. The largest absolute Gasteiger partial charge is 0.465 e. The molecule has 0 radical (unpaired) electrons. The highest BCUT2D eigenvalue weighted by molar-refractivity contribution is 8.94. The van der Waals surface area contributed by atoms with Gasteiger partial charge in [0.15, 0.2) is 4.08 Å². The second kappa shape index (κ2) is 27.7. The van der Waals surface area contributed by atoms with E-state index >= 15 is 0 Å². The van der Waals surface area contributed by atoms with Crippen molar-refractivity contribution in [3.8, 4) is 11.1 Å². The number of carbonyl (C=O) groups excluding carboxylic acids is 8.